The summed E-state index contributed by atoms with van der Waals surface area (Å²) < 4.78 is 5.09. The number of likely N-dealkylation sites (tertiary alicyclic amines) is 1. The Morgan fingerprint density at radius 2 is 2.10 bits per heavy atom. The quantitative estimate of drug-likeness (QED) is 0.881. The summed E-state index contributed by atoms with van der Waals surface area (Å²) in [5, 5.41) is 11.6. The number of anilines is 1. The van der Waals surface area contributed by atoms with Gasteiger partial charge in [0, 0.05) is 31.8 Å². The Kier molecular flexibility index (Phi) is 4.57. The van der Waals surface area contributed by atoms with Gasteiger partial charge in [-0.3, -0.25) is 0 Å². The molecule has 1 aliphatic heterocycles. The molecule has 0 bridgehead atoms. The third-order valence-corrected chi connectivity index (χ3v) is 3.36. The fraction of sp³-hybridized carbons (Fsp3) is 0.429. The molecule has 1 aromatic carbocycles. The number of rotatable bonds is 4. The summed E-state index contributed by atoms with van der Waals surface area (Å²) in [6, 6.07) is 5.95. The average Bonchev–Trinajstić information content (AvgIpc) is 2.88. The first kappa shape index (κ1) is 14.3. The second-order valence-corrected chi connectivity index (χ2v) is 4.87. The number of nitrogens with zero attached hydrogens (tertiary/aromatic N) is 1. The molecule has 0 aromatic heterocycles. The number of carboxylic acids is 1. The van der Waals surface area contributed by atoms with Crippen LogP contribution in [0.3, 0.4) is 0 Å². The van der Waals surface area contributed by atoms with Crippen LogP contribution in [0.1, 0.15) is 16.8 Å². The van der Waals surface area contributed by atoms with E-state index in [9.17, 15) is 9.59 Å². The van der Waals surface area contributed by atoms with Gasteiger partial charge in [0.1, 0.15) is 0 Å². The van der Waals surface area contributed by atoms with Crippen LogP contribution in [0.5, 0.6) is 0 Å². The van der Waals surface area contributed by atoms with E-state index in [2.05, 4.69) is 5.32 Å². The largest absolute Gasteiger partial charge is 0.478 e. The highest BCUT2D eigenvalue weighted by molar-refractivity contribution is 5.91. The van der Waals surface area contributed by atoms with Gasteiger partial charge in [-0.15, -0.1) is 0 Å². The van der Waals surface area contributed by atoms with Crippen molar-refractivity contribution in [2.24, 2.45) is 5.92 Å². The maximum absolute atomic E-state index is 12.0. The molecule has 0 spiro atoms. The predicted molar refractivity (Wildman–Crippen MR) is 74.0 cm³/mol. The average molecular weight is 278 g/mol. The van der Waals surface area contributed by atoms with Crippen molar-refractivity contribution < 1.29 is 19.4 Å². The number of nitrogens with one attached hydrogen (secondary N) is 1. The smallest absolute Gasteiger partial charge is 0.335 e. The normalized spacial score (nSPS) is 18.1. The summed E-state index contributed by atoms with van der Waals surface area (Å²) in [5.74, 6) is -0.593. The Bertz CT molecular complexity index is 486. The molecule has 1 heterocycles. The molecule has 1 aliphatic rings. The third-order valence-electron chi connectivity index (χ3n) is 3.36. The summed E-state index contributed by atoms with van der Waals surface area (Å²) in [5.41, 5.74) is 0.791. The number of urea groups is 1. The molecule has 0 radical (unpaired) electrons. The Hall–Kier alpha value is -2.08. The van der Waals surface area contributed by atoms with Gasteiger partial charge in [0.05, 0.1) is 12.2 Å². The number of methoxy groups -OCH3 is 1. The van der Waals surface area contributed by atoms with Crippen molar-refractivity contribution in [1.82, 2.24) is 4.90 Å². The topological polar surface area (TPSA) is 78.9 Å². The summed E-state index contributed by atoms with van der Waals surface area (Å²) in [6.07, 6.45) is 0.944. The summed E-state index contributed by atoms with van der Waals surface area (Å²) in [4.78, 5) is 24.5. The van der Waals surface area contributed by atoms with Gasteiger partial charge < -0.3 is 20.1 Å². The van der Waals surface area contributed by atoms with Gasteiger partial charge in [-0.1, -0.05) is 0 Å². The Labute approximate surface area is 117 Å². The number of hydrogen-bond donors (Lipinski definition) is 2. The van der Waals surface area contributed by atoms with Crippen LogP contribution in [-0.4, -0.2) is 48.8 Å². The number of amides is 2. The highest BCUT2D eigenvalue weighted by Crippen LogP contribution is 2.18. The van der Waals surface area contributed by atoms with E-state index in [1.165, 1.54) is 12.1 Å². The van der Waals surface area contributed by atoms with Gasteiger partial charge >= 0.3 is 12.0 Å². The van der Waals surface area contributed by atoms with Crippen LogP contribution in [0.2, 0.25) is 0 Å². The number of ether oxygens (including phenoxy) is 1. The fourth-order valence-corrected chi connectivity index (χ4v) is 2.29. The molecule has 108 valence electrons. The van der Waals surface area contributed by atoms with Crippen molar-refractivity contribution in [1.29, 1.82) is 0 Å². The van der Waals surface area contributed by atoms with Crippen molar-refractivity contribution in [3.63, 3.8) is 0 Å². The van der Waals surface area contributed by atoms with E-state index >= 15 is 0 Å². The zero-order valence-electron chi connectivity index (χ0n) is 11.3. The van der Waals surface area contributed by atoms with Gasteiger partial charge in [0.2, 0.25) is 0 Å². The number of hydrogen-bond acceptors (Lipinski definition) is 3. The van der Waals surface area contributed by atoms with Crippen LogP contribution in [0.4, 0.5) is 10.5 Å². The lowest BCUT2D eigenvalue weighted by Crippen LogP contribution is -2.33. The van der Waals surface area contributed by atoms with Crippen LogP contribution in [0, 0.1) is 5.92 Å². The minimum Gasteiger partial charge on any atom is -0.478 e. The van der Waals surface area contributed by atoms with E-state index in [0.717, 1.165) is 6.42 Å². The molecule has 2 N–H and O–H groups in total. The number of carbonyl (C=O) groups excluding carboxylic acids is 1. The molecular formula is C14H18N2O4. The third kappa shape index (κ3) is 3.48. The van der Waals surface area contributed by atoms with E-state index < -0.39 is 5.97 Å². The van der Waals surface area contributed by atoms with Crippen LogP contribution in [0.25, 0.3) is 0 Å². The Morgan fingerprint density at radius 1 is 1.40 bits per heavy atom. The van der Waals surface area contributed by atoms with Gasteiger partial charge in [0.15, 0.2) is 0 Å². The van der Waals surface area contributed by atoms with E-state index in [1.54, 1.807) is 24.1 Å². The molecule has 1 atom stereocenters. The molecule has 2 rings (SSSR count). The SMILES string of the molecule is COCC1CCN(C(=O)Nc2ccc(C(=O)O)cc2)C1. The van der Waals surface area contributed by atoms with Gasteiger partial charge in [-0.05, 0) is 30.7 Å². The van der Waals surface area contributed by atoms with Gasteiger partial charge in [0.25, 0.3) is 0 Å². The molecule has 0 saturated carbocycles. The molecule has 6 heteroatoms. The van der Waals surface area contributed by atoms with Gasteiger partial charge in [-0.2, -0.15) is 0 Å². The second-order valence-electron chi connectivity index (χ2n) is 4.87. The second kappa shape index (κ2) is 6.38. The van der Waals surface area contributed by atoms with Crippen LogP contribution < -0.4 is 5.32 Å². The maximum Gasteiger partial charge on any atom is 0.335 e. The first-order valence-corrected chi connectivity index (χ1v) is 6.48. The van der Waals surface area contributed by atoms with Crippen LogP contribution in [-0.2, 0) is 4.74 Å². The molecule has 1 saturated heterocycles. The van der Waals surface area contributed by atoms with Gasteiger partial charge in [-0.25, -0.2) is 9.59 Å². The summed E-state index contributed by atoms with van der Waals surface area (Å²) in [6.45, 7) is 2.07. The molecule has 1 unspecified atom stereocenters. The zero-order chi connectivity index (χ0) is 14.5. The van der Waals surface area contributed by atoms with Crippen molar-refractivity contribution in [3.8, 4) is 0 Å². The zero-order valence-corrected chi connectivity index (χ0v) is 11.3. The number of carboxylic acid groups (broad SMARTS) is 1. The molecular weight excluding hydrogens is 260 g/mol. The fourth-order valence-electron chi connectivity index (χ4n) is 2.29. The summed E-state index contributed by atoms with van der Waals surface area (Å²) >= 11 is 0. The Morgan fingerprint density at radius 3 is 2.70 bits per heavy atom. The first-order valence-electron chi connectivity index (χ1n) is 6.48. The van der Waals surface area contributed by atoms with Crippen molar-refractivity contribution in [3.05, 3.63) is 29.8 Å². The monoisotopic (exact) mass is 278 g/mol. The standard InChI is InChI=1S/C14H18N2O4/c1-20-9-10-6-7-16(8-10)14(19)15-12-4-2-11(3-5-12)13(17)18/h2-5,10H,6-9H2,1H3,(H,15,19)(H,17,18). The predicted octanol–water partition coefficient (Wildman–Crippen LogP) is 1.89. The lowest BCUT2D eigenvalue weighted by atomic mass is 10.1. The molecule has 6 nitrogen and oxygen atoms in total. The van der Waals surface area contributed by atoms with Crippen molar-refractivity contribution >= 4 is 17.7 Å². The summed E-state index contributed by atoms with van der Waals surface area (Å²) in [7, 11) is 1.66. The van der Waals surface area contributed by atoms with Crippen LogP contribution in [0.15, 0.2) is 24.3 Å². The highest BCUT2D eigenvalue weighted by Gasteiger charge is 2.26. The molecule has 1 aromatic rings. The van der Waals surface area contributed by atoms with Crippen LogP contribution >= 0.6 is 0 Å². The molecule has 2 amide bonds. The lowest BCUT2D eigenvalue weighted by Gasteiger charge is -2.17. The maximum atomic E-state index is 12.0. The molecule has 20 heavy (non-hydrogen) atoms. The number of aromatic carboxylic acids is 1. The highest BCUT2D eigenvalue weighted by atomic mass is 16.5. The molecule has 0 aliphatic carbocycles. The van der Waals surface area contributed by atoms with Crippen molar-refractivity contribution in [2.75, 3.05) is 32.1 Å². The number of benzene rings is 1. The van der Waals surface area contributed by atoms with E-state index in [0.29, 0.717) is 31.3 Å². The van der Waals surface area contributed by atoms with E-state index in [-0.39, 0.29) is 11.6 Å². The Balaban J connectivity index is 1.90. The molecule has 1 fully saturated rings. The number of carbonyl (C=O) groups is 2. The van der Waals surface area contributed by atoms with Crippen molar-refractivity contribution in [2.45, 2.75) is 6.42 Å². The van der Waals surface area contributed by atoms with E-state index in [1.807, 2.05) is 0 Å². The minimum atomic E-state index is -0.982. The van der Waals surface area contributed by atoms with E-state index in [4.69, 9.17) is 9.84 Å². The lowest BCUT2D eigenvalue weighted by molar-refractivity contribution is 0.0697. The first-order chi connectivity index (χ1) is 9.60. The minimum absolute atomic E-state index is 0.160.